The molecule has 5 heteroatoms. The minimum absolute atomic E-state index is 0.225. The van der Waals surface area contributed by atoms with Gasteiger partial charge in [-0.2, -0.15) is 0 Å². The zero-order chi connectivity index (χ0) is 10.8. The molecule has 15 heavy (non-hydrogen) atoms. The van der Waals surface area contributed by atoms with Gasteiger partial charge in [-0.15, -0.1) is 0 Å². The van der Waals surface area contributed by atoms with Crippen molar-refractivity contribution in [2.45, 2.75) is 12.5 Å². The summed E-state index contributed by atoms with van der Waals surface area (Å²) in [6.07, 6.45) is 2.49. The van der Waals surface area contributed by atoms with Gasteiger partial charge in [0.2, 0.25) is 5.91 Å². The number of nitrogens with two attached hydrogens (primary N) is 2. The fourth-order valence-corrected chi connectivity index (χ4v) is 1.71. The van der Waals surface area contributed by atoms with Crippen LogP contribution in [0.2, 0.25) is 0 Å². The Balaban J connectivity index is 2.13. The summed E-state index contributed by atoms with van der Waals surface area (Å²) < 4.78 is 0. The van der Waals surface area contributed by atoms with Gasteiger partial charge in [-0.3, -0.25) is 4.79 Å². The Hall–Kier alpha value is -1.62. The molecule has 1 unspecified atom stereocenters. The molecular formula is C10H14N4O. The third-order valence-corrected chi connectivity index (χ3v) is 2.58. The van der Waals surface area contributed by atoms with Crippen LogP contribution in [0.5, 0.6) is 0 Å². The summed E-state index contributed by atoms with van der Waals surface area (Å²) >= 11 is 0. The molecule has 1 amide bonds. The van der Waals surface area contributed by atoms with Gasteiger partial charge in [0.05, 0.1) is 5.56 Å². The maximum atomic E-state index is 10.8. The monoisotopic (exact) mass is 206 g/mol. The molecule has 1 aromatic rings. The Morgan fingerprint density at radius 3 is 2.80 bits per heavy atom. The zero-order valence-corrected chi connectivity index (χ0v) is 8.39. The van der Waals surface area contributed by atoms with Crippen molar-refractivity contribution in [2.24, 2.45) is 11.5 Å². The van der Waals surface area contributed by atoms with Crippen LogP contribution in [-0.4, -0.2) is 30.0 Å². The number of hydrogen-bond acceptors (Lipinski definition) is 4. The molecule has 1 aromatic heterocycles. The van der Waals surface area contributed by atoms with Gasteiger partial charge in [0.25, 0.3) is 0 Å². The molecule has 0 spiro atoms. The number of primary amides is 1. The largest absolute Gasteiger partial charge is 0.366 e. The fraction of sp³-hybridized carbons (Fsp3) is 0.400. The molecule has 1 saturated heterocycles. The second-order valence-electron chi connectivity index (χ2n) is 3.76. The molecule has 0 saturated carbocycles. The quantitative estimate of drug-likeness (QED) is 0.696. The highest BCUT2D eigenvalue weighted by atomic mass is 16.1. The van der Waals surface area contributed by atoms with Crippen molar-refractivity contribution in [3.05, 3.63) is 23.9 Å². The summed E-state index contributed by atoms with van der Waals surface area (Å²) in [5.74, 6) is 0.403. The van der Waals surface area contributed by atoms with Crippen molar-refractivity contribution in [1.29, 1.82) is 0 Å². The van der Waals surface area contributed by atoms with Gasteiger partial charge >= 0.3 is 0 Å². The van der Waals surface area contributed by atoms with Gasteiger partial charge < -0.3 is 16.4 Å². The molecule has 2 rings (SSSR count). The Bertz CT molecular complexity index is 362. The normalized spacial score (nSPS) is 20.6. The highest BCUT2D eigenvalue weighted by Crippen LogP contribution is 2.16. The molecule has 0 aliphatic carbocycles. The van der Waals surface area contributed by atoms with Crippen molar-refractivity contribution >= 4 is 11.7 Å². The van der Waals surface area contributed by atoms with Crippen LogP contribution in [-0.2, 0) is 0 Å². The zero-order valence-electron chi connectivity index (χ0n) is 8.39. The molecule has 4 N–H and O–H groups in total. The van der Waals surface area contributed by atoms with Gasteiger partial charge in [-0.25, -0.2) is 4.98 Å². The lowest BCUT2D eigenvalue weighted by molar-refractivity contribution is 0.1000. The van der Waals surface area contributed by atoms with Gasteiger partial charge in [0, 0.05) is 25.3 Å². The number of hydrogen-bond donors (Lipinski definition) is 2. The minimum atomic E-state index is -0.452. The van der Waals surface area contributed by atoms with E-state index in [1.54, 1.807) is 12.1 Å². The molecule has 0 bridgehead atoms. The van der Waals surface area contributed by atoms with E-state index in [9.17, 15) is 4.79 Å². The van der Waals surface area contributed by atoms with Crippen molar-refractivity contribution < 1.29 is 4.79 Å². The summed E-state index contributed by atoms with van der Waals surface area (Å²) in [5, 5.41) is 0. The third kappa shape index (κ3) is 2.07. The number of pyridine rings is 1. The summed E-state index contributed by atoms with van der Waals surface area (Å²) in [6, 6.07) is 3.72. The van der Waals surface area contributed by atoms with Crippen LogP contribution in [0.4, 0.5) is 5.82 Å². The first-order valence-corrected chi connectivity index (χ1v) is 4.93. The third-order valence-electron chi connectivity index (χ3n) is 2.58. The molecule has 2 heterocycles. The number of amides is 1. The van der Waals surface area contributed by atoms with Crippen LogP contribution in [0.25, 0.3) is 0 Å². The predicted octanol–water partition coefficient (Wildman–Crippen LogP) is -0.282. The number of carbonyl (C=O) groups excluding carboxylic acids is 1. The fourth-order valence-electron chi connectivity index (χ4n) is 1.71. The van der Waals surface area contributed by atoms with Crippen molar-refractivity contribution in [1.82, 2.24) is 4.98 Å². The SMILES string of the molecule is NC(=O)c1ccc(N2CCC(N)C2)nc1. The lowest BCUT2D eigenvalue weighted by Gasteiger charge is -2.16. The Morgan fingerprint density at radius 2 is 2.33 bits per heavy atom. The van der Waals surface area contributed by atoms with E-state index in [0.29, 0.717) is 5.56 Å². The average Bonchev–Trinajstić information content (AvgIpc) is 2.65. The number of aromatic nitrogens is 1. The Labute approximate surface area is 88.1 Å². The number of nitrogens with zero attached hydrogens (tertiary/aromatic N) is 2. The topological polar surface area (TPSA) is 85.2 Å². The molecule has 0 aromatic carbocycles. The first-order valence-electron chi connectivity index (χ1n) is 4.93. The summed E-state index contributed by atoms with van der Waals surface area (Å²) in [5.41, 5.74) is 11.4. The van der Waals surface area contributed by atoms with Crippen molar-refractivity contribution in [2.75, 3.05) is 18.0 Å². The molecule has 80 valence electrons. The molecule has 0 radical (unpaired) electrons. The number of carbonyl (C=O) groups is 1. The average molecular weight is 206 g/mol. The highest BCUT2D eigenvalue weighted by Gasteiger charge is 2.20. The van der Waals surface area contributed by atoms with Crippen LogP contribution in [0.15, 0.2) is 18.3 Å². The number of anilines is 1. The van der Waals surface area contributed by atoms with Crippen molar-refractivity contribution in [3.63, 3.8) is 0 Å². The maximum absolute atomic E-state index is 10.8. The van der Waals surface area contributed by atoms with E-state index in [0.717, 1.165) is 25.3 Å². The second-order valence-corrected chi connectivity index (χ2v) is 3.76. The van der Waals surface area contributed by atoms with Crippen molar-refractivity contribution in [3.8, 4) is 0 Å². The lowest BCUT2D eigenvalue weighted by Crippen LogP contribution is -2.26. The summed E-state index contributed by atoms with van der Waals surface area (Å²) in [7, 11) is 0. The lowest BCUT2D eigenvalue weighted by atomic mass is 10.2. The van der Waals surface area contributed by atoms with Crippen LogP contribution in [0.1, 0.15) is 16.8 Å². The maximum Gasteiger partial charge on any atom is 0.250 e. The van der Waals surface area contributed by atoms with E-state index < -0.39 is 5.91 Å². The van der Waals surface area contributed by atoms with E-state index in [1.165, 1.54) is 6.20 Å². The minimum Gasteiger partial charge on any atom is -0.366 e. The molecular weight excluding hydrogens is 192 g/mol. The number of rotatable bonds is 2. The van der Waals surface area contributed by atoms with Gasteiger partial charge in [0.1, 0.15) is 5.82 Å². The second kappa shape index (κ2) is 3.86. The van der Waals surface area contributed by atoms with E-state index in [4.69, 9.17) is 11.5 Å². The first-order chi connectivity index (χ1) is 7.16. The Morgan fingerprint density at radius 1 is 1.53 bits per heavy atom. The van der Waals surface area contributed by atoms with E-state index in [-0.39, 0.29) is 6.04 Å². The summed E-state index contributed by atoms with van der Waals surface area (Å²) in [6.45, 7) is 1.74. The van der Waals surface area contributed by atoms with Gasteiger partial charge in [-0.1, -0.05) is 0 Å². The van der Waals surface area contributed by atoms with Crippen LogP contribution >= 0.6 is 0 Å². The van der Waals surface area contributed by atoms with Gasteiger partial charge in [0.15, 0.2) is 0 Å². The molecule has 1 fully saturated rings. The van der Waals surface area contributed by atoms with Gasteiger partial charge in [-0.05, 0) is 18.6 Å². The summed E-state index contributed by atoms with van der Waals surface area (Å²) in [4.78, 5) is 17.1. The molecule has 1 aliphatic rings. The molecule has 1 atom stereocenters. The van der Waals surface area contributed by atoms with E-state index in [2.05, 4.69) is 9.88 Å². The van der Waals surface area contributed by atoms with E-state index >= 15 is 0 Å². The van der Waals surface area contributed by atoms with Crippen LogP contribution in [0, 0.1) is 0 Å². The van der Waals surface area contributed by atoms with E-state index in [1.807, 2.05) is 0 Å². The highest BCUT2D eigenvalue weighted by molar-refractivity contribution is 5.92. The molecule has 1 aliphatic heterocycles. The molecule has 5 nitrogen and oxygen atoms in total. The smallest absolute Gasteiger partial charge is 0.250 e. The van der Waals surface area contributed by atoms with Crippen LogP contribution < -0.4 is 16.4 Å². The first kappa shape index (κ1) is 9.92. The Kier molecular flexibility index (Phi) is 2.55. The van der Waals surface area contributed by atoms with Crippen LogP contribution in [0.3, 0.4) is 0 Å². The predicted molar refractivity (Wildman–Crippen MR) is 57.6 cm³/mol. The standard InChI is InChI=1S/C10H14N4O/c11-8-3-4-14(6-8)9-2-1-7(5-13-9)10(12)15/h1-2,5,8H,3-4,6,11H2,(H2,12,15).